The molecule has 1 unspecified atom stereocenters. The zero-order valence-corrected chi connectivity index (χ0v) is 28.0. The van der Waals surface area contributed by atoms with Crippen molar-refractivity contribution in [3.05, 3.63) is 84.4 Å². The van der Waals surface area contributed by atoms with Crippen LogP contribution in [-0.4, -0.2) is 63.1 Å². The van der Waals surface area contributed by atoms with E-state index in [1.165, 1.54) is 29.9 Å². The van der Waals surface area contributed by atoms with Gasteiger partial charge in [-0.05, 0) is 108 Å². The van der Waals surface area contributed by atoms with Gasteiger partial charge in [0.2, 0.25) is 5.91 Å². The quantitative estimate of drug-likeness (QED) is 0.142. The van der Waals surface area contributed by atoms with Crippen LogP contribution in [0.4, 0.5) is 4.79 Å². The molecule has 8 rings (SSSR count). The fraction of sp³-hybridized carbons (Fsp3) is 0.333. The van der Waals surface area contributed by atoms with Gasteiger partial charge in [0, 0.05) is 6.54 Å². The number of imidazole rings is 2. The number of amides is 2. The SMILES string of the molecule is COC(=O)N[C@H](C(=O)N1CCCC1c1nc2ccc(-c3ccc4cc(-c5ccc6nc([C@@H]7CCCN7)[nH]c6c5)ccc4c3)cc2[nH]1)C(C)C. The maximum atomic E-state index is 13.6. The van der Waals surface area contributed by atoms with E-state index in [2.05, 4.69) is 87.3 Å². The number of ether oxygens (including phenoxy) is 1. The molecule has 2 aliphatic heterocycles. The molecule has 2 amide bonds. The number of benzene rings is 4. The van der Waals surface area contributed by atoms with Crippen molar-refractivity contribution in [1.29, 1.82) is 0 Å². The standard InChI is InChI=1S/C39H41N7O3/c1-22(2)35(45-39(48)49-3)38(47)46-17-5-7-34(46)37-42-30-15-13-28(21-33(30)44-37)26-11-9-23-18-25(10-8-24(23)19-26)27-12-14-29-32(20-27)43-36(41-29)31-6-4-16-40-31/h8-15,18-22,31,34-35,40H,4-7,16-17H2,1-3H3,(H,41,43)(H,42,44)(H,45,48)/t31-,34?,35-/m0/s1. The van der Waals surface area contributed by atoms with Crippen molar-refractivity contribution < 1.29 is 14.3 Å². The van der Waals surface area contributed by atoms with Crippen molar-refractivity contribution >= 4 is 44.8 Å². The molecule has 4 aromatic carbocycles. The Balaban J connectivity index is 1.03. The van der Waals surface area contributed by atoms with E-state index >= 15 is 0 Å². The van der Waals surface area contributed by atoms with Crippen molar-refractivity contribution in [3.63, 3.8) is 0 Å². The van der Waals surface area contributed by atoms with E-state index in [1.54, 1.807) is 0 Å². The summed E-state index contributed by atoms with van der Waals surface area (Å²) in [6.45, 7) is 5.51. The number of likely N-dealkylation sites (tertiary alicyclic amines) is 1. The van der Waals surface area contributed by atoms with Crippen LogP contribution in [0.2, 0.25) is 0 Å². The molecule has 49 heavy (non-hydrogen) atoms. The van der Waals surface area contributed by atoms with Crippen molar-refractivity contribution in [2.75, 3.05) is 20.2 Å². The maximum absolute atomic E-state index is 13.6. The van der Waals surface area contributed by atoms with Crippen LogP contribution in [0, 0.1) is 5.92 Å². The first kappa shape index (κ1) is 31.1. The van der Waals surface area contributed by atoms with Gasteiger partial charge in [-0.25, -0.2) is 14.8 Å². The van der Waals surface area contributed by atoms with E-state index < -0.39 is 12.1 Å². The van der Waals surface area contributed by atoms with Gasteiger partial charge in [-0.3, -0.25) is 4.79 Å². The third-order valence-corrected chi connectivity index (χ3v) is 10.1. The first-order chi connectivity index (χ1) is 23.8. The first-order valence-corrected chi connectivity index (χ1v) is 17.3. The summed E-state index contributed by atoms with van der Waals surface area (Å²) >= 11 is 0. The molecular formula is C39H41N7O3. The monoisotopic (exact) mass is 655 g/mol. The highest BCUT2D eigenvalue weighted by atomic mass is 16.5. The van der Waals surface area contributed by atoms with Crippen LogP contribution in [0.1, 0.15) is 63.3 Å². The fourth-order valence-electron chi connectivity index (χ4n) is 7.46. The summed E-state index contributed by atoms with van der Waals surface area (Å²) < 4.78 is 4.77. The van der Waals surface area contributed by atoms with Crippen molar-refractivity contribution in [2.24, 2.45) is 5.92 Å². The number of aromatic amines is 2. The highest BCUT2D eigenvalue weighted by Gasteiger charge is 2.37. The van der Waals surface area contributed by atoms with E-state index in [4.69, 9.17) is 14.7 Å². The second-order valence-corrected chi connectivity index (χ2v) is 13.7. The third-order valence-electron chi connectivity index (χ3n) is 10.1. The smallest absolute Gasteiger partial charge is 0.407 e. The van der Waals surface area contributed by atoms with E-state index in [0.717, 1.165) is 76.2 Å². The van der Waals surface area contributed by atoms with Crippen LogP contribution < -0.4 is 10.6 Å². The molecule has 10 nitrogen and oxygen atoms in total. The number of carbonyl (C=O) groups is 2. The Morgan fingerprint density at radius 3 is 1.98 bits per heavy atom. The number of carbonyl (C=O) groups excluding carboxylic acids is 2. The molecule has 0 spiro atoms. The van der Waals surface area contributed by atoms with Gasteiger partial charge in [0.05, 0.1) is 41.3 Å². The number of methoxy groups -OCH3 is 1. The summed E-state index contributed by atoms with van der Waals surface area (Å²) in [5, 5.41) is 8.60. The molecule has 6 aromatic rings. The highest BCUT2D eigenvalue weighted by Crippen LogP contribution is 2.35. The average Bonchev–Trinajstić information content (AvgIpc) is 3.94. The summed E-state index contributed by atoms with van der Waals surface area (Å²) in [5.74, 6) is 1.60. The first-order valence-electron chi connectivity index (χ1n) is 17.3. The Labute approximate surface area is 284 Å². The summed E-state index contributed by atoms with van der Waals surface area (Å²) in [6.07, 6.45) is 3.38. The van der Waals surface area contributed by atoms with E-state index in [0.29, 0.717) is 12.6 Å². The lowest BCUT2D eigenvalue weighted by atomic mass is 9.97. The van der Waals surface area contributed by atoms with Crippen LogP contribution in [-0.2, 0) is 9.53 Å². The van der Waals surface area contributed by atoms with Crippen molar-refractivity contribution in [3.8, 4) is 22.3 Å². The lowest BCUT2D eigenvalue weighted by molar-refractivity contribution is -0.135. The number of H-pyrrole nitrogens is 2. The summed E-state index contributed by atoms with van der Waals surface area (Å²) in [7, 11) is 1.31. The molecule has 2 saturated heterocycles. The second kappa shape index (κ2) is 12.7. The lowest BCUT2D eigenvalue weighted by Crippen LogP contribution is -2.51. The Morgan fingerprint density at radius 2 is 1.39 bits per heavy atom. The normalized spacial score (nSPS) is 18.6. The minimum absolute atomic E-state index is 0.0848. The largest absolute Gasteiger partial charge is 0.453 e. The van der Waals surface area contributed by atoms with Gasteiger partial charge >= 0.3 is 6.09 Å². The van der Waals surface area contributed by atoms with E-state index in [-0.39, 0.29) is 17.9 Å². The van der Waals surface area contributed by atoms with Gasteiger partial charge < -0.3 is 30.2 Å². The van der Waals surface area contributed by atoms with Gasteiger partial charge in [-0.15, -0.1) is 0 Å². The molecule has 0 aliphatic carbocycles. The number of rotatable bonds is 7. The number of hydrogen-bond acceptors (Lipinski definition) is 6. The minimum atomic E-state index is -0.666. The number of nitrogens with zero attached hydrogens (tertiary/aromatic N) is 3. The van der Waals surface area contributed by atoms with Gasteiger partial charge in [0.25, 0.3) is 0 Å². The van der Waals surface area contributed by atoms with Crippen molar-refractivity contribution in [2.45, 2.75) is 57.7 Å². The molecule has 10 heteroatoms. The summed E-state index contributed by atoms with van der Waals surface area (Å²) in [5.41, 5.74) is 8.40. The van der Waals surface area contributed by atoms with Gasteiger partial charge in [-0.1, -0.05) is 50.2 Å². The molecule has 0 radical (unpaired) electrons. The van der Waals surface area contributed by atoms with Crippen LogP contribution in [0.3, 0.4) is 0 Å². The Hall–Kier alpha value is -5.22. The molecule has 4 heterocycles. The third kappa shape index (κ3) is 5.90. The predicted octanol–water partition coefficient (Wildman–Crippen LogP) is 7.40. The van der Waals surface area contributed by atoms with Gasteiger partial charge in [0.15, 0.2) is 0 Å². The van der Waals surface area contributed by atoms with E-state index in [1.807, 2.05) is 24.8 Å². The van der Waals surface area contributed by atoms with Gasteiger partial charge in [-0.2, -0.15) is 0 Å². The summed E-state index contributed by atoms with van der Waals surface area (Å²) in [6, 6.07) is 25.4. The Bertz CT molecular complexity index is 2200. The molecule has 2 fully saturated rings. The number of fused-ring (bicyclic) bond motifs is 3. The average molecular weight is 656 g/mol. The molecule has 4 N–H and O–H groups in total. The van der Waals surface area contributed by atoms with E-state index in [9.17, 15) is 9.59 Å². The zero-order chi connectivity index (χ0) is 33.6. The predicted molar refractivity (Wildman–Crippen MR) is 192 cm³/mol. The molecular weight excluding hydrogens is 614 g/mol. The molecule has 2 aromatic heterocycles. The Kier molecular flexibility index (Phi) is 8.03. The number of nitrogens with one attached hydrogen (secondary N) is 4. The van der Waals surface area contributed by atoms with Crippen LogP contribution in [0.25, 0.3) is 55.1 Å². The minimum Gasteiger partial charge on any atom is -0.453 e. The van der Waals surface area contributed by atoms with Crippen molar-refractivity contribution in [1.82, 2.24) is 35.5 Å². The molecule has 250 valence electrons. The summed E-state index contributed by atoms with van der Waals surface area (Å²) in [4.78, 5) is 44.2. The van der Waals surface area contributed by atoms with Crippen LogP contribution in [0.15, 0.2) is 72.8 Å². The fourth-order valence-corrected chi connectivity index (χ4v) is 7.46. The van der Waals surface area contributed by atoms with Crippen LogP contribution >= 0.6 is 0 Å². The van der Waals surface area contributed by atoms with Gasteiger partial charge in [0.1, 0.15) is 17.7 Å². The highest BCUT2D eigenvalue weighted by molar-refractivity contribution is 5.93. The zero-order valence-electron chi connectivity index (χ0n) is 28.0. The lowest BCUT2D eigenvalue weighted by Gasteiger charge is -2.29. The number of hydrogen-bond donors (Lipinski definition) is 4. The molecule has 0 bridgehead atoms. The number of alkyl carbamates (subject to hydrolysis) is 1. The molecule has 2 aliphatic rings. The molecule has 0 saturated carbocycles. The van der Waals surface area contributed by atoms with Crippen LogP contribution in [0.5, 0.6) is 0 Å². The topological polar surface area (TPSA) is 128 Å². The Morgan fingerprint density at radius 1 is 0.796 bits per heavy atom. The molecule has 3 atom stereocenters. The maximum Gasteiger partial charge on any atom is 0.407 e. The second-order valence-electron chi connectivity index (χ2n) is 13.7. The number of aromatic nitrogens is 4.